The number of hydrazine groups is 1. The van der Waals surface area contributed by atoms with Gasteiger partial charge in [0.1, 0.15) is 0 Å². The highest BCUT2D eigenvalue weighted by Gasteiger charge is 2.43. The third-order valence-corrected chi connectivity index (χ3v) is 5.94. The summed E-state index contributed by atoms with van der Waals surface area (Å²) in [5.41, 5.74) is 3.15. The first-order chi connectivity index (χ1) is 10.3. The minimum Gasteiger partial charge on any atom is -0.378 e. The molecule has 122 valence electrons. The predicted molar refractivity (Wildman–Crippen MR) is 83.8 cm³/mol. The van der Waals surface area contributed by atoms with E-state index >= 15 is 0 Å². The molecule has 0 radical (unpaired) electrons. The SMILES string of the molecule is NNC(CC1CCCCCC1)C1CCOC2(CCOC2)C1. The molecular weight excluding hydrogens is 264 g/mol. The summed E-state index contributed by atoms with van der Waals surface area (Å²) >= 11 is 0. The summed E-state index contributed by atoms with van der Waals surface area (Å²) in [5, 5.41) is 0. The van der Waals surface area contributed by atoms with Crippen LogP contribution in [0.15, 0.2) is 0 Å². The van der Waals surface area contributed by atoms with Gasteiger partial charge < -0.3 is 9.47 Å². The maximum atomic E-state index is 6.07. The molecule has 21 heavy (non-hydrogen) atoms. The molecule has 0 bridgehead atoms. The van der Waals surface area contributed by atoms with Crippen LogP contribution in [0.3, 0.4) is 0 Å². The third kappa shape index (κ3) is 3.98. The monoisotopic (exact) mass is 296 g/mol. The van der Waals surface area contributed by atoms with E-state index in [0.717, 1.165) is 45.0 Å². The first kappa shape index (κ1) is 15.7. The Bertz CT molecular complexity index is 310. The zero-order valence-corrected chi connectivity index (χ0v) is 13.3. The Kier molecular flexibility index (Phi) is 5.54. The molecule has 4 heteroatoms. The van der Waals surface area contributed by atoms with E-state index < -0.39 is 0 Å². The van der Waals surface area contributed by atoms with Crippen molar-refractivity contribution in [2.24, 2.45) is 17.7 Å². The molecule has 3 rings (SSSR count). The van der Waals surface area contributed by atoms with E-state index in [9.17, 15) is 0 Å². The number of rotatable bonds is 4. The summed E-state index contributed by atoms with van der Waals surface area (Å²) in [5.74, 6) is 7.44. The van der Waals surface area contributed by atoms with Gasteiger partial charge in [-0.15, -0.1) is 0 Å². The topological polar surface area (TPSA) is 56.5 Å². The van der Waals surface area contributed by atoms with Gasteiger partial charge in [-0.3, -0.25) is 11.3 Å². The van der Waals surface area contributed by atoms with Gasteiger partial charge in [0.05, 0.1) is 12.2 Å². The molecule has 0 aromatic carbocycles. The van der Waals surface area contributed by atoms with Crippen molar-refractivity contribution in [3.8, 4) is 0 Å². The predicted octanol–water partition coefficient (Wildman–Crippen LogP) is 2.76. The Morgan fingerprint density at radius 1 is 1.10 bits per heavy atom. The van der Waals surface area contributed by atoms with Gasteiger partial charge in [0, 0.05) is 25.7 Å². The number of nitrogens with one attached hydrogen (secondary N) is 1. The molecule has 3 atom stereocenters. The molecular formula is C17H32N2O2. The molecule has 3 aliphatic rings. The lowest BCUT2D eigenvalue weighted by molar-refractivity contribution is -0.104. The van der Waals surface area contributed by atoms with Crippen LogP contribution in [0, 0.1) is 11.8 Å². The van der Waals surface area contributed by atoms with E-state index in [4.69, 9.17) is 15.3 Å². The molecule has 3 unspecified atom stereocenters. The quantitative estimate of drug-likeness (QED) is 0.476. The minimum absolute atomic E-state index is 0.00146. The maximum Gasteiger partial charge on any atom is 0.0939 e. The van der Waals surface area contributed by atoms with Gasteiger partial charge in [0.25, 0.3) is 0 Å². The van der Waals surface area contributed by atoms with Crippen LogP contribution in [0.1, 0.15) is 64.2 Å². The van der Waals surface area contributed by atoms with Crippen LogP contribution in [0.5, 0.6) is 0 Å². The van der Waals surface area contributed by atoms with E-state index in [2.05, 4.69) is 5.43 Å². The summed E-state index contributed by atoms with van der Waals surface area (Å²) < 4.78 is 11.7. The van der Waals surface area contributed by atoms with Gasteiger partial charge in [-0.05, 0) is 31.1 Å². The molecule has 4 nitrogen and oxygen atoms in total. The molecule has 2 heterocycles. The molecule has 1 spiro atoms. The Hall–Kier alpha value is -0.160. The van der Waals surface area contributed by atoms with Crippen LogP contribution in [0.25, 0.3) is 0 Å². The van der Waals surface area contributed by atoms with Crippen molar-refractivity contribution in [1.29, 1.82) is 0 Å². The largest absolute Gasteiger partial charge is 0.378 e. The van der Waals surface area contributed by atoms with Gasteiger partial charge in [-0.25, -0.2) is 0 Å². The average Bonchev–Trinajstić information content (AvgIpc) is 2.79. The first-order valence-electron chi connectivity index (χ1n) is 8.99. The van der Waals surface area contributed by atoms with Gasteiger partial charge in [0.2, 0.25) is 0 Å². The van der Waals surface area contributed by atoms with Crippen LogP contribution >= 0.6 is 0 Å². The molecule has 0 aromatic rings. The molecule has 2 aliphatic heterocycles. The standard InChI is InChI=1S/C17H32N2O2/c18-19-16(11-14-5-3-1-2-4-6-14)15-7-9-21-17(12-15)8-10-20-13-17/h14-16,19H,1-13,18H2. The molecule has 0 amide bonds. The number of hydrogen-bond donors (Lipinski definition) is 2. The Labute approximate surface area is 129 Å². The van der Waals surface area contributed by atoms with Gasteiger partial charge in [-0.2, -0.15) is 0 Å². The van der Waals surface area contributed by atoms with Gasteiger partial charge in [0.15, 0.2) is 0 Å². The Morgan fingerprint density at radius 3 is 2.57 bits per heavy atom. The van der Waals surface area contributed by atoms with Crippen LogP contribution in [0.4, 0.5) is 0 Å². The first-order valence-corrected chi connectivity index (χ1v) is 8.99. The summed E-state index contributed by atoms with van der Waals surface area (Å²) in [6, 6.07) is 0.453. The fourth-order valence-corrected chi connectivity index (χ4v) is 4.63. The summed E-state index contributed by atoms with van der Waals surface area (Å²) in [4.78, 5) is 0. The van der Waals surface area contributed by atoms with Crippen molar-refractivity contribution in [2.75, 3.05) is 19.8 Å². The van der Waals surface area contributed by atoms with Crippen molar-refractivity contribution in [1.82, 2.24) is 5.43 Å². The fourth-order valence-electron chi connectivity index (χ4n) is 4.63. The highest BCUT2D eigenvalue weighted by Crippen LogP contribution is 2.39. The number of hydrogen-bond acceptors (Lipinski definition) is 4. The van der Waals surface area contributed by atoms with Crippen LogP contribution in [0.2, 0.25) is 0 Å². The smallest absolute Gasteiger partial charge is 0.0939 e. The lowest BCUT2D eigenvalue weighted by Crippen LogP contribution is -2.49. The van der Waals surface area contributed by atoms with Crippen LogP contribution in [-0.2, 0) is 9.47 Å². The summed E-state index contributed by atoms with van der Waals surface area (Å²) in [7, 11) is 0. The van der Waals surface area contributed by atoms with Crippen LogP contribution in [-0.4, -0.2) is 31.5 Å². The second-order valence-electron chi connectivity index (χ2n) is 7.45. The van der Waals surface area contributed by atoms with Crippen molar-refractivity contribution >= 4 is 0 Å². The Balaban J connectivity index is 1.56. The fraction of sp³-hybridized carbons (Fsp3) is 1.00. The van der Waals surface area contributed by atoms with E-state index in [1.807, 2.05) is 0 Å². The van der Waals surface area contributed by atoms with Gasteiger partial charge in [-0.1, -0.05) is 38.5 Å². The Morgan fingerprint density at radius 2 is 1.90 bits per heavy atom. The number of nitrogens with two attached hydrogens (primary N) is 1. The lowest BCUT2D eigenvalue weighted by Gasteiger charge is -2.41. The molecule has 1 aliphatic carbocycles. The van der Waals surface area contributed by atoms with E-state index in [0.29, 0.717) is 12.0 Å². The molecule has 3 N–H and O–H groups in total. The second kappa shape index (κ2) is 7.40. The minimum atomic E-state index is 0.00146. The van der Waals surface area contributed by atoms with E-state index in [1.54, 1.807) is 0 Å². The average molecular weight is 296 g/mol. The van der Waals surface area contributed by atoms with Crippen molar-refractivity contribution in [3.63, 3.8) is 0 Å². The highest BCUT2D eigenvalue weighted by molar-refractivity contribution is 4.93. The van der Waals surface area contributed by atoms with Crippen LogP contribution < -0.4 is 11.3 Å². The molecule has 3 fully saturated rings. The number of ether oxygens (including phenoxy) is 2. The highest BCUT2D eigenvalue weighted by atomic mass is 16.6. The zero-order chi connectivity index (χ0) is 14.5. The molecule has 0 aromatic heterocycles. The third-order valence-electron chi connectivity index (χ3n) is 5.94. The summed E-state index contributed by atoms with van der Waals surface area (Å²) in [6.07, 6.45) is 13.0. The lowest BCUT2D eigenvalue weighted by atomic mass is 9.78. The van der Waals surface area contributed by atoms with E-state index in [1.165, 1.54) is 44.9 Å². The molecule has 1 saturated carbocycles. The second-order valence-corrected chi connectivity index (χ2v) is 7.45. The summed E-state index contributed by atoms with van der Waals surface area (Å²) in [6.45, 7) is 2.51. The van der Waals surface area contributed by atoms with Crippen molar-refractivity contribution < 1.29 is 9.47 Å². The van der Waals surface area contributed by atoms with Crippen molar-refractivity contribution in [3.05, 3.63) is 0 Å². The van der Waals surface area contributed by atoms with Crippen molar-refractivity contribution in [2.45, 2.75) is 75.9 Å². The maximum absolute atomic E-state index is 6.07. The van der Waals surface area contributed by atoms with E-state index in [-0.39, 0.29) is 5.60 Å². The van der Waals surface area contributed by atoms with Gasteiger partial charge >= 0.3 is 0 Å². The zero-order valence-electron chi connectivity index (χ0n) is 13.3. The normalized spacial score (nSPS) is 36.7. The molecule has 2 saturated heterocycles.